The molecule has 0 aliphatic carbocycles. The van der Waals surface area contributed by atoms with Crippen LogP contribution < -0.4 is 5.32 Å². The van der Waals surface area contributed by atoms with Crippen molar-refractivity contribution in [3.63, 3.8) is 0 Å². The lowest BCUT2D eigenvalue weighted by molar-refractivity contribution is 0.260. The van der Waals surface area contributed by atoms with Crippen LogP contribution in [0, 0.1) is 0 Å². The maximum absolute atomic E-state index is 11.4. The van der Waals surface area contributed by atoms with Crippen LogP contribution in [-0.4, -0.2) is 17.0 Å². The fraction of sp³-hybridized carbons (Fsp3) is 0.923. The van der Waals surface area contributed by atoms with E-state index in [0.29, 0.717) is 5.25 Å². The molecular weight excluding hydrogens is 218 g/mol. The number of hydrogen-bond acceptors (Lipinski definition) is 2. The molecule has 0 radical (unpaired) electrons. The highest BCUT2D eigenvalue weighted by Gasteiger charge is 2.06. The maximum Gasteiger partial charge on any atom is 0.279 e. The Balaban J connectivity index is 3.21. The summed E-state index contributed by atoms with van der Waals surface area (Å²) in [6.07, 6.45) is 8.70. The van der Waals surface area contributed by atoms with Gasteiger partial charge in [-0.2, -0.15) is 0 Å². The van der Waals surface area contributed by atoms with Crippen LogP contribution in [0.5, 0.6) is 0 Å². The minimum atomic E-state index is 0.142. The molecule has 0 saturated carbocycles. The first-order valence-electron chi connectivity index (χ1n) is 6.65. The lowest BCUT2D eigenvalue weighted by atomic mass is 10.1. The lowest BCUT2D eigenvalue weighted by Crippen LogP contribution is -2.21. The molecule has 1 amide bonds. The highest BCUT2D eigenvalue weighted by molar-refractivity contribution is 8.14. The molecule has 0 bridgehead atoms. The Kier molecular flexibility index (Phi) is 11.2. The molecule has 0 fully saturated rings. The van der Waals surface area contributed by atoms with E-state index in [0.717, 1.165) is 19.4 Å². The van der Waals surface area contributed by atoms with Crippen LogP contribution in [0.25, 0.3) is 0 Å². The second kappa shape index (κ2) is 11.3. The molecular formula is C13H27NOS. The maximum atomic E-state index is 11.4. The molecule has 16 heavy (non-hydrogen) atoms. The minimum absolute atomic E-state index is 0.142. The summed E-state index contributed by atoms with van der Waals surface area (Å²) >= 11 is 1.42. The molecule has 1 N–H and O–H groups in total. The van der Waals surface area contributed by atoms with E-state index in [1.807, 2.05) is 0 Å². The standard InChI is InChI=1S/C13H27NOS/c1-4-6-7-8-9-10-11-14-13(15)16-12(3)5-2/h12H,4-11H2,1-3H3,(H,14,15). The van der Waals surface area contributed by atoms with Crippen molar-refractivity contribution in [3.8, 4) is 0 Å². The van der Waals surface area contributed by atoms with E-state index in [2.05, 4.69) is 26.1 Å². The van der Waals surface area contributed by atoms with Gasteiger partial charge in [-0.1, -0.05) is 64.6 Å². The zero-order valence-corrected chi connectivity index (χ0v) is 11.9. The fourth-order valence-corrected chi connectivity index (χ4v) is 2.12. The van der Waals surface area contributed by atoms with E-state index >= 15 is 0 Å². The van der Waals surface area contributed by atoms with Gasteiger partial charge in [0.2, 0.25) is 0 Å². The Hall–Kier alpha value is -0.180. The minimum Gasteiger partial charge on any atom is -0.347 e. The molecule has 2 nitrogen and oxygen atoms in total. The number of carbonyl (C=O) groups is 1. The monoisotopic (exact) mass is 245 g/mol. The molecule has 0 rings (SSSR count). The van der Waals surface area contributed by atoms with Gasteiger partial charge in [0, 0.05) is 11.8 Å². The Morgan fingerprint density at radius 1 is 1.12 bits per heavy atom. The molecule has 0 aliphatic rings. The number of carbonyl (C=O) groups excluding carboxylic acids is 1. The molecule has 1 unspecified atom stereocenters. The largest absolute Gasteiger partial charge is 0.347 e. The van der Waals surface area contributed by atoms with Crippen LogP contribution in [-0.2, 0) is 0 Å². The van der Waals surface area contributed by atoms with E-state index in [1.54, 1.807) is 0 Å². The highest BCUT2D eigenvalue weighted by Crippen LogP contribution is 2.13. The van der Waals surface area contributed by atoms with Crippen LogP contribution >= 0.6 is 11.8 Å². The van der Waals surface area contributed by atoms with Crippen molar-refractivity contribution < 1.29 is 4.79 Å². The summed E-state index contributed by atoms with van der Waals surface area (Å²) in [5.41, 5.74) is 0. The zero-order valence-electron chi connectivity index (χ0n) is 11.1. The van der Waals surface area contributed by atoms with E-state index in [-0.39, 0.29) is 5.24 Å². The van der Waals surface area contributed by atoms with Crippen LogP contribution in [0.15, 0.2) is 0 Å². The molecule has 0 heterocycles. The fourth-order valence-electron chi connectivity index (χ4n) is 1.40. The summed E-state index contributed by atoms with van der Waals surface area (Å²) in [7, 11) is 0. The van der Waals surface area contributed by atoms with Crippen molar-refractivity contribution in [1.29, 1.82) is 0 Å². The molecule has 0 aromatic rings. The number of thioether (sulfide) groups is 1. The van der Waals surface area contributed by atoms with Crippen molar-refractivity contribution in [1.82, 2.24) is 5.32 Å². The van der Waals surface area contributed by atoms with E-state index in [1.165, 1.54) is 43.9 Å². The first kappa shape index (κ1) is 15.8. The quantitative estimate of drug-likeness (QED) is 0.602. The van der Waals surface area contributed by atoms with Crippen LogP contribution in [0.2, 0.25) is 0 Å². The van der Waals surface area contributed by atoms with Gasteiger partial charge in [0.1, 0.15) is 0 Å². The third-order valence-electron chi connectivity index (χ3n) is 2.68. The number of unbranched alkanes of at least 4 members (excludes halogenated alkanes) is 5. The first-order chi connectivity index (χ1) is 7.70. The van der Waals surface area contributed by atoms with Gasteiger partial charge in [-0.15, -0.1) is 0 Å². The predicted octanol–water partition coefficient (Wildman–Crippen LogP) is 4.59. The Morgan fingerprint density at radius 3 is 2.38 bits per heavy atom. The van der Waals surface area contributed by atoms with Crippen LogP contribution in [0.3, 0.4) is 0 Å². The number of amides is 1. The molecule has 3 heteroatoms. The molecule has 0 spiro atoms. The van der Waals surface area contributed by atoms with Gasteiger partial charge in [-0.25, -0.2) is 0 Å². The van der Waals surface area contributed by atoms with Gasteiger partial charge in [0.15, 0.2) is 0 Å². The summed E-state index contributed by atoms with van der Waals surface area (Å²) in [5, 5.41) is 3.54. The van der Waals surface area contributed by atoms with E-state index in [9.17, 15) is 4.79 Å². The summed E-state index contributed by atoms with van der Waals surface area (Å²) < 4.78 is 0. The summed E-state index contributed by atoms with van der Waals surface area (Å²) in [4.78, 5) is 11.4. The average molecular weight is 245 g/mol. The van der Waals surface area contributed by atoms with Gasteiger partial charge in [0.25, 0.3) is 5.24 Å². The van der Waals surface area contributed by atoms with Gasteiger partial charge < -0.3 is 5.32 Å². The van der Waals surface area contributed by atoms with Gasteiger partial charge in [-0.05, 0) is 12.8 Å². The smallest absolute Gasteiger partial charge is 0.279 e. The molecule has 0 aliphatic heterocycles. The Morgan fingerprint density at radius 2 is 1.75 bits per heavy atom. The van der Waals surface area contributed by atoms with E-state index < -0.39 is 0 Å². The second-order valence-corrected chi connectivity index (χ2v) is 5.73. The normalized spacial score (nSPS) is 12.4. The summed E-state index contributed by atoms with van der Waals surface area (Å²) in [6, 6.07) is 0. The van der Waals surface area contributed by atoms with Crippen LogP contribution in [0.1, 0.15) is 65.7 Å². The van der Waals surface area contributed by atoms with Crippen molar-refractivity contribution in [2.75, 3.05) is 6.54 Å². The Bertz CT molecular complexity index is 173. The summed E-state index contributed by atoms with van der Waals surface area (Å²) in [5.74, 6) is 0. The molecule has 96 valence electrons. The second-order valence-electron chi connectivity index (χ2n) is 4.32. The van der Waals surface area contributed by atoms with Crippen LogP contribution in [0.4, 0.5) is 4.79 Å². The SMILES string of the molecule is CCCCCCCCNC(=O)SC(C)CC. The van der Waals surface area contributed by atoms with Crippen molar-refractivity contribution in [2.45, 2.75) is 71.0 Å². The number of nitrogens with one attached hydrogen (secondary N) is 1. The molecule has 0 aromatic carbocycles. The Labute approximate surface area is 105 Å². The summed E-state index contributed by atoms with van der Waals surface area (Å²) in [6.45, 7) is 7.27. The van der Waals surface area contributed by atoms with Crippen molar-refractivity contribution in [2.24, 2.45) is 0 Å². The van der Waals surface area contributed by atoms with Gasteiger partial charge in [-0.3, -0.25) is 4.79 Å². The highest BCUT2D eigenvalue weighted by atomic mass is 32.2. The van der Waals surface area contributed by atoms with Gasteiger partial charge >= 0.3 is 0 Å². The molecule has 0 aromatic heterocycles. The van der Waals surface area contributed by atoms with E-state index in [4.69, 9.17) is 0 Å². The first-order valence-corrected chi connectivity index (χ1v) is 7.53. The number of rotatable bonds is 9. The topological polar surface area (TPSA) is 29.1 Å². The average Bonchev–Trinajstić information content (AvgIpc) is 2.27. The zero-order chi connectivity index (χ0) is 12.2. The third-order valence-corrected chi connectivity index (χ3v) is 3.78. The third kappa shape index (κ3) is 10.3. The lowest BCUT2D eigenvalue weighted by Gasteiger charge is -2.08. The van der Waals surface area contributed by atoms with Crippen molar-refractivity contribution >= 4 is 17.0 Å². The predicted molar refractivity (Wildman–Crippen MR) is 74.1 cm³/mol. The molecule has 0 saturated heterocycles. The molecule has 1 atom stereocenters. The number of hydrogen-bond donors (Lipinski definition) is 1. The van der Waals surface area contributed by atoms with Crippen molar-refractivity contribution in [3.05, 3.63) is 0 Å². The van der Waals surface area contributed by atoms with Gasteiger partial charge in [0.05, 0.1) is 0 Å².